The minimum absolute atomic E-state index is 0.158. The number of nitrogens with zero attached hydrogens (tertiary/aromatic N) is 1. The molecule has 3 aliphatic rings. The van der Waals surface area contributed by atoms with Crippen molar-refractivity contribution in [1.82, 2.24) is 4.90 Å². The van der Waals surface area contributed by atoms with E-state index in [-0.39, 0.29) is 12.2 Å². The first-order chi connectivity index (χ1) is 6.31. The highest BCUT2D eigenvalue weighted by Crippen LogP contribution is 2.21. The fourth-order valence-electron chi connectivity index (χ4n) is 1.34. The van der Waals surface area contributed by atoms with Crippen molar-refractivity contribution < 1.29 is 19.3 Å². The Labute approximate surface area is 75.8 Å². The van der Waals surface area contributed by atoms with Crippen LogP contribution in [-0.4, -0.2) is 36.5 Å². The molecular formula is C8H11NO4. The van der Waals surface area contributed by atoms with Crippen LogP contribution in [0.3, 0.4) is 0 Å². The molecule has 0 aliphatic carbocycles. The molecule has 3 rings (SSSR count). The van der Waals surface area contributed by atoms with E-state index in [0.717, 1.165) is 0 Å². The Balaban J connectivity index is 2.02. The van der Waals surface area contributed by atoms with Crippen LogP contribution in [0.15, 0.2) is 12.2 Å². The van der Waals surface area contributed by atoms with Crippen LogP contribution in [0.2, 0.25) is 0 Å². The van der Waals surface area contributed by atoms with Crippen molar-refractivity contribution in [3.05, 3.63) is 12.2 Å². The van der Waals surface area contributed by atoms with Gasteiger partial charge in [0.15, 0.2) is 6.23 Å². The van der Waals surface area contributed by atoms with Gasteiger partial charge in [0.2, 0.25) is 0 Å². The van der Waals surface area contributed by atoms with E-state index in [1.54, 1.807) is 13.0 Å². The van der Waals surface area contributed by atoms with Gasteiger partial charge in [-0.3, -0.25) is 4.90 Å². The van der Waals surface area contributed by atoms with Crippen LogP contribution in [0, 0.1) is 0 Å². The second kappa shape index (κ2) is 3.35. The molecule has 0 unspecified atom stereocenters. The van der Waals surface area contributed by atoms with Gasteiger partial charge in [-0.1, -0.05) is 6.08 Å². The molecule has 1 fully saturated rings. The van der Waals surface area contributed by atoms with Crippen LogP contribution >= 0.6 is 0 Å². The molecule has 0 aromatic rings. The monoisotopic (exact) mass is 185 g/mol. The highest BCUT2D eigenvalue weighted by Gasteiger charge is 2.36. The standard InChI is InChI=1S/C8H11NO4/c1-2-11-8(10)9-5-6-3-4-7(9)13-12-6/h3-4,6-7H,2,5H2,1H3/t6-,7+/m1/s1. The zero-order valence-corrected chi connectivity index (χ0v) is 7.30. The van der Waals surface area contributed by atoms with Gasteiger partial charge in [-0.05, 0) is 13.0 Å². The Kier molecular flexibility index (Phi) is 2.20. The third-order valence-electron chi connectivity index (χ3n) is 1.95. The first-order valence-corrected chi connectivity index (χ1v) is 4.25. The van der Waals surface area contributed by atoms with E-state index in [2.05, 4.69) is 0 Å². The summed E-state index contributed by atoms with van der Waals surface area (Å²) in [5.41, 5.74) is 0. The Morgan fingerprint density at radius 3 is 2.92 bits per heavy atom. The quantitative estimate of drug-likeness (QED) is 0.445. The molecule has 2 atom stereocenters. The topological polar surface area (TPSA) is 48.0 Å². The number of carbonyl (C=O) groups excluding carboxylic acids is 1. The van der Waals surface area contributed by atoms with E-state index in [4.69, 9.17) is 14.5 Å². The molecule has 0 saturated carbocycles. The summed E-state index contributed by atoms with van der Waals surface area (Å²) >= 11 is 0. The van der Waals surface area contributed by atoms with Crippen LogP contribution < -0.4 is 0 Å². The predicted octanol–water partition coefficient (Wildman–Crippen LogP) is 0.671. The summed E-state index contributed by atoms with van der Waals surface area (Å²) in [7, 11) is 0. The molecular weight excluding hydrogens is 174 g/mol. The molecule has 0 spiro atoms. The summed E-state index contributed by atoms with van der Waals surface area (Å²) in [6.45, 7) is 2.64. The second-order valence-corrected chi connectivity index (χ2v) is 2.86. The number of amides is 1. The van der Waals surface area contributed by atoms with Gasteiger partial charge < -0.3 is 4.74 Å². The summed E-state index contributed by atoms with van der Waals surface area (Å²) in [5.74, 6) is 0. The van der Waals surface area contributed by atoms with Gasteiger partial charge in [0.25, 0.3) is 0 Å². The molecule has 1 amide bonds. The van der Waals surface area contributed by atoms with Gasteiger partial charge in [-0.15, -0.1) is 0 Å². The van der Waals surface area contributed by atoms with Crippen molar-refractivity contribution >= 4 is 6.09 Å². The number of hydrogen-bond donors (Lipinski definition) is 0. The van der Waals surface area contributed by atoms with Crippen LogP contribution in [-0.2, 0) is 14.5 Å². The summed E-state index contributed by atoms with van der Waals surface area (Å²) < 4.78 is 4.85. The van der Waals surface area contributed by atoms with Crippen LogP contribution in [0.25, 0.3) is 0 Å². The lowest BCUT2D eigenvalue weighted by molar-refractivity contribution is -0.387. The van der Waals surface area contributed by atoms with E-state index in [1.165, 1.54) is 4.90 Å². The lowest BCUT2D eigenvalue weighted by Crippen LogP contribution is -2.52. The van der Waals surface area contributed by atoms with Crippen LogP contribution in [0.1, 0.15) is 6.92 Å². The Morgan fingerprint density at radius 1 is 1.62 bits per heavy atom. The molecule has 72 valence electrons. The van der Waals surface area contributed by atoms with E-state index >= 15 is 0 Å². The van der Waals surface area contributed by atoms with Crippen molar-refractivity contribution in [2.45, 2.75) is 19.3 Å². The lowest BCUT2D eigenvalue weighted by atomic mass is 10.2. The molecule has 3 aliphatic heterocycles. The van der Waals surface area contributed by atoms with Crippen molar-refractivity contribution in [1.29, 1.82) is 0 Å². The first kappa shape index (κ1) is 8.52. The Morgan fingerprint density at radius 2 is 2.46 bits per heavy atom. The maximum atomic E-state index is 11.3. The first-order valence-electron chi connectivity index (χ1n) is 4.25. The molecule has 2 bridgehead atoms. The van der Waals surface area contributed by atoms with E-state index in [1.807, 2.05) is 6.08 Å². The highest BCUT2D eigenvalue weighted by molar-refractivity contribution is 5.68. The van der Waals surface area contributed by atoms with Crippen LogP contribution in [0.4, 0.5) is 4.79 Å². The highest BCUT2D eigenvalue weighted by atomic mass is 17.2. The van der Waals surface area contributed by atoms with Gasteiger partial charge in [-0.2, -0.15) is 0 Å². The van der Waals surface area contributed by atoms with Crippen molar-refractivity contribution in [3.8, 4) is 0 Å². The fraction of sp³-hybridized carbons (Fsp3) is 0.625. The molecule has 5 heteroatoms. The largest absolute Gasteiger partial charge is 0.450 e. The zero-order valence-electron chi connectivity index (χ0n) is 7.30. The molecule has 0 aromatic heterocycles. The molecule has 0 radical (unpaired) electrons. The predicted molar refractivity (Wildman–Crippen MR) is 42.6 cm³/mol. The summed E-state index contributed by atoms with van der Waals surface area (Å²) in [4.78, 5) is 22.6. The number of rotatable bonds is 1. The number of ether oxygens (including phenoxy) is 1. The molecule has 5 nitrogen and oxygen atoms in total. The average molecular weight is 185 g/mol. The molecule has 3 heterocycles. The lowest BCUT2D eigenvalue weighted by Gasteiger charge is -2.38. The third kappa shape index (κ3) is 1.52. The zero-order chi connectivity index (χ0) is 9.26. The molecule has 0 N–H and O–H groups in total. The van der Waals surface area contributed by atoms with Crippen molar-refractivity contribution in [2.75, 3.05) is 13.2 Å². The summed E-state index contributed by atoms with van der Waals surface area (Å²) in [6.07, 6.45) is 2.72. The fourth-order valence-corrected chi connectivity index (χ4v) is 1.34. The number of hydrogen-bond acceptors (Lipinski definition) is 4. The van der Waals surface area contributed by atoms with E-state index in [9.17, 15) is 4.79 Å². The number of carbonyl (C=O) groups is 1. The maximum absolute atomic E-state index is 11.3. The van der Waals surface area contributed by atoms with Crippen molar-refractivity contribution in [3.63, 3.8) is 0 Å². The minimum atomic E-state index is -0.427. The van der Waals surface area contributed by atoms with E-state index in [0.29, 0.717) is 13.2 Å². The normalized spacial score (nSPS) is 30.7. The second-order valence-electron chi connectivity index (χ2n) is 2.86. The maximum Gasteiger partial charge on any atom is 0.412 e. The van der Waals surface area contributed by atoms with Crippen LogP contribution in [0.5, 0.6) is 0 Å². The van der Waals surface area contributed by atoms with E-state index < -0.39 is 6.23 Å². The third-order valence-corrected chi connectivity index (χ3v) is 1.95. The van der Waals surface area contributed by atoms with Gasteiger partial charge in [0, 0.05) is 0 Å². The smallest absolute Gasteiger partial charge is 0.412 e. The summed E-state index contributed by atoms with van der Waals surface area (Å²) in [6, 6.07) is 0. The average Bonchev–Trinajstić information content (AvgIpc) is 2.20. The minimum Gasteiger partial charge on any atom is -0.450 e. The van der Waals surface area contributed by atoms with Gasteiger partial charge >= 0.3 is 6.09 Å². The molecule has 0 aromatic carbocycles. The summed E-state index contributed by atoms with van der Waals surface area (Å²) in [5, 5.41) is 0. The van der Waals surface area contributed by atoms with Gasteiger partial charge in [-0.25, -0.2) is 14.6 Å². The van der Waals surface area contributed by atoms with Crippen molar-refractivity contribution in [2.24, 2.45) is 0 Å². The number of fused-ring (bicyclic) bond motifs is 2. The molecule has 13 heavy (non-hydrogen) atoms. The Hall–Kier alpha value is -1.07. The molecule has 1 saturated heterocycles. The van der Waals surface area contributed by atoms with Gasteiger partial charge in [0.1, 0.15) is 6.10 Å². The SMILES string of the molecule is CCOC(=O)N1C[C@H]2C=C[C@@H]1OO2. The van der Waals surface area contributed by atoms with Gasteiger partial charge in [0.05, 0.1) is 13.2 Å². The Bertz CT molecular complexity index is 240.